The molecule has 3 heterocycles. The molecule has 1 aromatic heterocycles. The number of carboxylic acid groups (broad SMARTS) is 1. The molecule has 2 saturated heterocycles. The molecule has 5 atom stereocenters. The molecule has 8 nitrogen and oxygen atoms in total. The Hall–Kier alpha value is -0.780. The number of anilines is 1. The van der Waals surface area contributed by atoms with E-state index in [9.17, 15) is 19.5 Å². The molecule has 2 fully saturated rings. The van der Waals surface area contributed by atoms with Crippen LogP contribution >= 0.6 is 34.7 Å². The van der Waals surface area contributed by atoms with Crippen molar-refractivity contribution in [3.05, 3.63) is 22.2 Å². The number of carboxylic acids is 1. The van der Waals surface area contributed by atoms with Gasteiger partial charge in [-0.05, 0) is 45.4 Å². The van der Waals surface area contributed by atoms with Gasteiger partial charge in [0.15, 0.2) is 5.13 Å². The van der Waals surface area contributed by atoms with Gasteiger partial charge in [0.25, 0.3) is 0 Å². The van der Waals surface area contributed by atoms with E-state index in [1.165, 1.54) is 28.0 Å². The number of nitrogens with zero attached hydrogens (tertiary/aromatic N) is 2. The Bertz CT molecular complexity index is 956. The molecular formula is C20H24ClN4NaO4S2. The Balaban J connectivity index is 0.00000289. The molecule has 0 aromatic carbocycles. The predicted octanol–water partition coefficient (Wildman–Crippen LogP) is -1.58. The van der Waals surface area contributed by atoms with Crippen molar-refractivity contribution < 1.29 is 49.0 Å². The maximum Gasteiger partial charge on any atom is 1.00 e. The maximum atomic E-state index is 13.3. The first-order valence-electron chi connectivity index (χ1n) is 10.1. The average molecular weight is 507 g/mol. The first-order valence-corrected chi connectivity index (χ1v) is 12.3. The number of β-lactam (4-membered cyclic amide) rings is 1. The zero-order valence-electron chi connectivity index (χ0n) is 18.2. The van der Waals surface area contributed by atoms with Crippen molar-refractivity contribution in [2.24, 2.45) is 5.92 Å². The quantitative estimate of drug-likeness (QED) is 0.352. The molecule has 168 valence electrons. The van der Waals surface area contributed by atoms with Gasteiger partial charge in [0, 0.05) is 15.2 Å². The molecule has 2 amide bonds. The number of aliphatic carboxylic acids is 1. The summed E-state index contributed by atoms with van der Waals surface area (Å²) in [6.07, 6.45) is 5.03. The van der Waals surface area contributed by atoms with Gasteiger partial charge < -0.3 is 25.9 Å². The van der Waals surface area contributed by atoms with E-state index in [0.717, 1.165) is 24.3 Å². The second-order valence-electron chi connectivity index (χ2n) is 8.76. The number of allylic oxidation sites excluding steroid dienone is 2. The van der Waals surface area contributed by atoms with Crippen molar-refractivity contribution in [1.82, 2.24) is 15.2 Å². The van der Waals surface area contributed by atoms with Crippen LogP contribution < -0.4 is 45.7 Å². The van der Waals surface area contributed by atoms with Crippen molar-refractivity contribution in [3.63, 3.8) is 0 Å². The van der Waals surface area contributed by atoms with E-state index in [-0.39, 0.29) is 41.4 Å². The number of nitrogens with one attached hydrogen (secondary N) is 1. The van der Waals surface area contributed by atoms with Crippen LogP contribution in [-0.2, 0) is 14.4 Å². The normalized spacial score (nSPS) is 29.3. The predicted molar refractivity (Wildman–Crippen MR) is 118 cm³/mol. The summed E-state index contributed by atoms with van der Waals surface area (Å²) < 4.78 is -0.699. The van der Waals surface area contributed by atoms with Gasteiger partial charge in [0.2, 0.25) is 11.8 Å². The number of amides is 2. The molecular weight excluding hydrogens is 483 g/mol. The van der Waals surface area contributed by atoms with Gasteiger partial charge >= 0.3 is 29.6 Å². The van der Waals surface area contributed by atoms with Crippen LogP contribution in [0.1, 0.15) is 51.1 Å². The van der Waals surface area contributed by atoms with Crippen molar-refractivity contribution in [2.45, 2.75) is 67.7 Å². The van der Waals surface area contributed by atoms with E-state index in [0.29, 0.717) is 17.2 Å². The van der Waals surface area contributed by atoms with Crippen LogP contribution in [0.3, 0.4) is 0 Å². The molecule has 0 bridgehead atoms. The minimum absolute atomic E-state index is 0. The van der Waals surface area contributed by atoms with Gasteiger partial charge in [-0.25, -0.2) is 4.98 Å². The third kappa shape index (κ3) is 4.86. The number of carbonyl (C=O) groups is 3. The van der Waals surface area contributed by atoms with E-state index in [1.807, 2.05) is 6.08 Å². The summed E-state index contributed by atoms with van der Waals surface area (Å²) in [5.41, 5.74) is 6.39. The van der Waals surface area contributed by atoms with Gasteiger partial charge in [-0.15, -0.1) is 23.1 Å². The zero-order chi connectivity index (χ0) is 22.5. The third-order valence-corrected chi connectivity index (χ3v) is 8.82. The topological polar surface area (TPSA) is 128 Å². The number of nitrogens with two attached hydrogens (primary N) is 1. The summed E-state index contributed by atoms with van der Waals surface area (Å²) in [5, 5.41) is 17.0. The molecule has 1 aromatic rings. The number of fused-ring (bicyclic) bond motifs is 1. The van der Waals surface area contributed by atoms with Crippen molar-refractivity contribution in [1.29, 1.82) is 0 Å². The molecule has 4 rings (SSSR count). The Kier molecular flexibility index (Phi) is 7.94. The Labute approximate surface area is 222 Å². The third-order valence-electron chi connectivity index (χ3n) is 6.21. The molecule has 2 unspecified atom stereocenters. The number of hydrogen-bond acceptors (Lipinski definition) is 8. The summed E-state index contributed by atoms with van der Waals surface area (Å²) >= 11 is 8.73. The number of thioether (sulfide) groups is 1. The second-order valence-corrected chi connectivity index (χ2v) is 11.9. The largest absolute Gasteiger partial charge is 1.00 e. The van der Waals surface area contributed by atoms with E-state index >= 15 is 0 Å². The molecule has 12 heteroatoms. The molecule has 32 heavy (non-hydrogen) atoms. The standard InChI is InChI=1S/C20H25ClN4O4S2.Na/c1-20(2)14(18(28)29)25-16(27)13(17(25)31-20)24-15(26)11(12-8-30-19(22)23-12)7-9-3-5-10(21)6-4-9;/h5,8-9,11,13-14,17H,3-4,6-7H2,1-2H3,(H2,22,23)(H,24,26)(H,28,29);/q;+1/p-1/t9?,11?,13-,14+,17-;/m1./s1. The zero-order valence-corrected chi connectivity index (χ0v) is 22.6. The van der Waals surface area contributed by atoms with Crippen LogP contribution in [0.15, 0.2) is 16.5 Å². The Morgan fingerprint density at radius 2 is 2.19 bits per heavy atom. The molecule has 0 saturated carbocycles. The van der Waals surface area contributed by atoms with Gasteiger partial charge in [-0.3, -0.25) is 9.59 Å². The smallest absolute Gasteiger partial charge is 0.548 e. The van der Waals surface area contributed by atoms with Gasteiger partial charge in [-0.2, -0.15) is 0 Å². The molecule has 0 radical (unpaired) electrons. The molecule has 3 aliphatic rings. The molecule has 0 spiro atoms. The minimum Gasteiger partial charge on any atom is -0.548 e. The van der Waals surface area contributed by atoms with E-state index in [4.69, 9.17) is 17.3 Å². The fraction of sp³-hybridized carbons (Fsp3) is 0.600. The van der Waals surface area contributed by atoms with Crippen molar-refractivity contribution in [3.8, 4) is 0 Å². The van der Waals surface area contributed by atoms with Crippen LogP contribution in [0.5, 0.6) is 0 Å². The molecule has 3 N–H and O–H groups in total. The van der Waals surface area contributed by atoms with E-state index in [1.54, 1.807) is 19.2 Å². The number of rotatable bonds is 6. The number of hydrogen-bond donors (Lipinski definition) is 2. The summed E-state index contributed by atoms with van der Waals surface area (Å²) in [4.78, 5) is 43.2. The van der Waals surface area contributed by atoms with E-state index in [2.05, 4.69) is 10.3 Å². The number of thiazole rings is 1. The molecule has 1 aliphatic carbocycles. The number of carbonyl (C=O) groups excluding carboxylic acids is 3. The fourth-order valence-electron chi connectivity index (χ4n) is 4.61. The summed E-state index contributed by atoms with van der Waals surface area (Å²) in [5.74, 6) is -2.23. The summed E-state index contributed by atoms with van der Waals surface area (Å²) in [6.45, 7) is 3.54. The van der Waals surface area contributed by atoms with Crippen LogP contribution in [0.4, 0.5) is 5.13 Å². The minimum atomic E-state index is -1.28. The Morgan fingerprint density at radius 1 is 1.47 bits per heavy atom. The Morgan fingerprint density at radius 3 is 2.75 bits per heavy atom. The average Bonchev–Trinajstić information content (AvgIpc) is 3.24. The summed E-state index contributed by atoms with van der Waals surface area (Å²) in [6, 6.07) is -1.78. The van der Waals surface area contributed by atoms with Crippen LogP contribution in [0, 0.1) is 5.92 Å². The first kappa shape index (κ1) is 25.8. The fourth-order valence-corrected chi connectivity index (χ4v) is 7.04. The van der Waals surface area contributed by atoms with Crippen molar-refractivity contribution in [2.75, 3.05) is 5.73 Å². The first-order chi connectivity index (χ1) is 14.6. The molecule has 2 aliphatic heterocycles. The summed E-state index contributed by atoms with van der Waals surface area (Å²) in [7, 11) is 0. The second kappa shape index (κ2) is 9.84. The van der Waals surface area contributed by atoms with Crippen molar-refractivity contribution >= 4 is 57.6 Å². The van der Waals surface area contributed by atoms with E-state index < -0.39 is 40.0 Å². The van der Waals surface area contributed by atoms with Crippen LogP contribution in [-0.4, -0.2) is 49.9 Å². The van der Waals surface area contributed by atoms with Crippen LogP contribution in [0.2, 0.25) is 0 Å². The maximum absolute atomic E-state index is 13.3. The van der Waals surface area contributed by atoms with Gasteiger partial charge in [0.1, 0.15) is 11.4 Å². The monoisotopic (exact) mass is 506 g/mol. The number of aromatic nitrogens is 1. The number of halogens is 1. The number of nitrogen functional groups attached to an aromatic ring is 1. The van der Waals surface area contributed by atoms with Gasteiger partial charge in [0.05, 0.1) is 23.6 Å². The van der Waals surface area contributed by atoms with Crippen LogP contribution in [0.25, 0.3) is 0 Å². The SMILES string of the molecule is CC1(C)S[C@@H]2[C@H](NC(=O)C(CC3CC=C(Cl)CC3)c3csc(N)n3)C(=O)N2[C@H]1C(=O)[O-].[Na+]. The van der Waals surface area contributed by atoms with Gasteiger partial charge in [-0.1, -0.05) is 17.7 Å².